The summed E-state index contributed by atoms with van der Waals surface area (Å²) < 4.78 is 6.18. The lowest BCUT2D eigenvalue weighted by Crippen LogP contribution is -2.47. The Kier molecular flexibility index (Phi) is 8.79. The topological polar surface area (TPSA) is 44.8 Å². The van der Waals surface area contributed by atoms with E-state index < -0.39 is 0 Å². The predicted octanol–water partition coefficient (Wildman–Crippen LogP) is 4.42. The molecular formula is C25H34BrN3O2. The van der Waals surface area contributed by atoms with Gasteiger partial charge in [0.15, 0.2) is 0 Å². The van der Waals surface area contributed by atoms with Gasteiger partial charge in [0.05, 0.1) is 11.6 Å². The maximum Gasteiger partial charge on any atom is 0.220 e. The minimum absolute atomic E-state index is 0.115. The molecule has 3 rings (SSSR count). The summed E-state index contributed by atoms with van der Waals surface area (Å²) >= 11 is 3.50. The van der Waals surface area contributed by atoms with Crippen molar-refractivity contribution in [2.45, 2.75) is 39.2 Å². The highest BCUT2D eigenvalue weighted by Crippen LogP contribution is 2.26. The van der Waals surface area contributed by atoms with Crippen molar-refractivity contribution in [1.29, 1.82) is 0 Å². The van der Waals surface area contributed by atoms with E-state index in [1.54, 1.807) is 7.11 Å². The molecular weight excluding hydrogens is 454 g/mol. The quantitative estimate of drug-likeness (QED) is 0.568. The Balaban J connectivity index is 1.34. The molecule has 0 bridgehead atoms. The smallest absolute Gasteiger partial charge is 0.220 e. The first-order valence-electron chi connectivity index (χ1n) is 11.1. The van der Waals surface area contributed by atoms with E-state index in [1.165, 1.54) is 11.3 Å². The van der Waals surface area contributed by atoms with Crippen LogP contribution in [0.1, 0.15) is 30.9 Å². The Labute approximate surface area is 194 Å². The van der Waals surface area contributed by atoms with Gasteiger partial charge < -0.3 is 15.0 Å². The molecule has 6 heteroatoms. The third kappa shape index (κ3) is 7.25. The molecule has 0 aliphatic carbocycles. The largest absolute Gasteiger partial charge is 0.496 e. The number of amides is 1. The van der Waals surface area contributed by atoms with Crippen LogP contribution in [0.4, 0.5) is 5.69 Å². The lowest BCUT2D eigenvalue weighted by atomic mass is 10.1. The van der Waals surface area contributed by atoms with Crippen LogP contribution in [0.2, 0.25) is 0 Å². The van der Waals surface area contributed by atoms with Crippen LogP contribution in [-0.2, 0) is 11.2 Å². The van der Waals surface area contributed by atoms with Gasteiger partial charge in [0.2, 0.25) is 5.91 Å². The number of ether oxygens (including phenoxy) is 1. The lowest BCUT2D eigenvalue weighted by molar-refractivity contribution is -0.121. The van der Waals surface area contributed by atoms with Gasteiger partial charge in [-0.1, -0.05) is 18.2 Å². The van der Waals surface area contributed by atoms with Crippen molar-refractivity contribution in [3.63, 3.8) is 0 Å². The first-order valence-corrected chi connectivity index (χ1v) is 11.9. The number of carbonyl (C=O) groups excluding carboxylic acids is 1. The second kappa shape index (κ2) is 11.5. The van der Waals surface area contributed by atoms with E-state index >= 15 is 0 Å². The highest BCUT2D eigenvalue weighted by molar-refractivity contribution is 9.10. The van der Waals surface area contributed by atoms with Crippen LogP contribution in [0.5, 0.6) is 5.75 Å². The molecule has 2 aromatic carbocycles. The Morgan fingerprint density at radius 1 is 1.16 bits per heavy atom. The highest BCUT2D eigenvalue weighted by Gasteiger charge is 2.18. The second-order valence-corrected chi connectivity index (χ2v) is 9.25. The van der Waals surface area contributed by atoms with Gasteiger partial charge in [-0.3, -0.25) is 9.69 Å². The number of carbonyl (C=O) groups is 1. The van der Waals surface area contributed by atoms with Gasteiger partial charge in [0.25, 0.3) is 0 Å². The molecule has 31 heavy (non-hydrogen) atoms. The first-order chi connectivity index (χ1) is 14.9. The van der Waals surface area contributed by atoms with Crippen LogP contribution < -0.4 is 15.0 Å². The van der Waals surface area contributed by atoms with E-state index in [2.05, 4.69) is 69.2 Å². The van der Waals surface area contributed by atoms with E-state index in [0.717, 1.165) is 61.4 Å². The molecule has 168 valence electrons. The van der Waals surface area contributed by atoms with Crippen molar-refractivity contribution in [2.75, 3.05) is 44.7 Å². The summed E-state index contributed by atoms with van der Waals surface area (Å²) in [6.45, 7) is 9.52. The van der Waals surface area contributed by atoms with E-state index in [9.17, 15) is 4.79 Å². The number of benzene rings is 2. The van der Waals surface area contributed by atoms with Crippen LogP contribution in [0, 0.1) is 6.92 Å². The van der Waals surface area contributed by atoms with Crippen LogP contribution in [-0.4, -0.2) is 56.7 Å². The fourth-order valence-corrected chi connectivity index (χ4v) is 4.56. The molecule has 0 spiro atoms. The maximum absolute atomic E-state index is 12.3. The summed E-state index contributed by atoms with van der Waals surface area (Å²) in [6.07, 6.45) is 2.20. The summed E-state index contributed by atoms with van der Waals surface area (Å²) in [4.78, 5) is 17.3. The zero-order chi connectivity index (χ0) is 22.2. The molecule has 0 saturated carbocycles. The van der Waals surface area contributed by atoms with Crippen LogP contribution >= 0.6 is 15.9 Å². The standard InChI is InChI=1S/C25H34BrN3O2/c1-19-5-4-6-22(17-19)29-15-13-28(14-16-29)12-11-20(2)27-25(30)10-8-21-7-9-24(31-3)23(26)18-21/h4-7,9,17-18,20H,8,10-16H2,1-3H3,(H,27,30). The summed E-state index contributed by atoms with van der Waals surface area (Å²) in [5.41, 5.74) is 3.76. The molecule has 1 aliphatic rings. The Morgan fingerprint density at radius 2 is 1.94 bits per heavy atom. The number of methoxy groups -OCH3 is 1. The number of piperazine rings is 1. The number of nitrogens with one attached hydrogen (secondary N) is 1. The van der Waals surface area contributed by atoms with Gasteiger partial charge in [-0.05, 0) is 78.0 Å². The van der Waals surface area contributed by atoms with Crippen molar-refractivity contribution in [1.82, 2.24) is 10.2 Å². The van der Waals surface area contributed by atoms with Gasteiger partial charge in [-0.15, -0.1) is 0 Å². The maximum atomic E-state index is 12.3. The van der Waals surface area contributed by atoms with E-state index in [1.807, 2.05) is 18.2 Å². The van der Waals surface area contributed by atoms with Gasteiger partial charge in [-0.25, -0.2) is 0 Å². The zero-order valence-electron chi connectivity index (χ0n) is 18.9. The first kappa shape index (κ1) is 23.6. The number of nitrogens with zero attached hydrogens (tertiary/aromatic N) is 2. The molecule has 1 atom stereocenters. The number of hydrogen-bond donors (Lipinski definition) is 1. The van der Waals surface area contributed by atoms with Gasteiger partial charge in [0.1, 0.15) is 5.75 Å². The van der Waals surface area contributed by atoms with Crippen molar-refractivity contribution in [3.05, 3.63) is 58.1 Å². The molecule has 1 amide bonds. The molecule has 5 nitrogen and oxygen atoms in total. The van der Waals surface area contributed by atoms with E-state index in [0.29, 0.717) is 6.42 Å². The SMILES string of the molecule is COc1ccc(CCC(=O)NC(C)CCN2CCN(c3cccc(C)c3)CC2)cc1Br. The highest BCUT2D eigenvalue weighted by atomic mass is 79.9. The third-order valence-corrected chi connectivity index (χ3v) is 6.50. The third-order valence-electron chi connectivity index (χ3n) is 5.88. The Morgan fingerprint density at radius 3 is 2.61 bits per heavy atom. The van der Waals surface area contributed by atoms with Gasteiger partial charge in [-0.2, -0.15) is 0 Å². The lowest BCUT2D eigenvalue weighted by Gasteiger charge is -2.36. The molecule has 1 fully saturated rings. The molecule has 1 N–H and O–H groups in total. The normalized spacial score (nSPS) is 15.5. The van der Waals surface area contributed by atoms with Crippen LogP contribution in [0.3, 0.4) is 0 Å². The second-order valence-electron chi connectivity index (χ2n) is 8.39. The molecule has 0 aromatic heterocycles. The van der Waals surface area contributed by atoms with Crippen molar-refractivity contribution < 1.29 is 9.53 Å². The number of halogens is 1. The van der Waals surface area contributed by atoms with Gasteiger partial charge >= 0.3 is 0 Å². The zero-order valence-corrected chi connectivity index (χ0v) is 20.5. The number of anilines is 1. The number of rotatable bonds is 9. The van der Waals surface area contributed by atoms with Crippen LogP contribution in [0.25, 0.3) is 0 Å². The summed E-state index contributed by atoms with van der Waals surface area (Å²) in [7, 11) is 1.65. The summed E-state index contributed by atoms with van der Waals surface area (Å²) in [6, 6.07) is 14.9. The predicted molar refractivity (Wildman–Crippen MR) is 131 cm³/mol. The summed E-state index contributed by atoms with van der Waals surface area (Å²) in [5, 5.41) is 3.16. The molecule has 1 aliphatic heterocycles. The Hall–Kier alpha value is -2.05. The fourth-order valence-electron chi connectivity index (χ4n) is 3.97. The van der Waals surface area contributed by atoms with Crippen LogP contribution in [0.15, 0.2) is 46.9 Å². The average Bonchev–Trinajstić information content (AvgIpc) is 2.77. The number of hydrogen-bond acceptors (Lipinski definition) is 4. The fraction of sp³-hybridized carbons (Fsp3) is 0.480. The average molecular weight is 488 g/mol. The molecule has 1 saturated heterocycles. The van der Waals surface area contributed by atoms with E-state index in [4.69, 9.17) is 4.74 Å². The molecule has 2 aromatic rings. The molecule has 0 radical (unpaired) electrons. The number of aryl methyl sites for hydroxylation is 2. The summed E-state index contributed by atoms with van der Waals surface area (Å²) in [5.74, 6) is 0.922. The molecule has 1 heterocycles. The Bertz CT molecular complexity index is 866. The van der Waals surface area contributed by atoms with Crippen molar-refractivity contribution >= 4 is 27.5 Å². The van der Waals surface area contributed by atoms with Crippen molar-refractivity contribution in [3.8, 4) is 5.75 Å². The van der Waals surface area contributed by atoms with Crippen molar-refractivity contribution in [2.24, 2.45) is 0 Å². The van der Waals surface area contributed by atoms with Gasteiger partial charge in [0, 0.05) is 50.9 Å². The minimum Gasteiger partial charge on any atom is -0.496 e. The monoisotopic (exact) mass is 487 g/mol. The van der Waals surface area contributed by atoms with E-state index in [-0.39, 0.29) is 11.9 Å². The minimum atomic E-state index is 0.115. The molecule has 1 unspecified atom stereocenters.